The summed E-state index contributed by atoms with van der Waals surface area (Å²) >= 11 is 0. The zero-order chi connectivity index (χ0) is 17.9. The Morgan fingerprint density at radius 2 is 1.73 bits per heavy atom. The lowest BCUT2D eigenvalue weighted by Gasteiger charge is -2.36. The predicted octanol–water partition coefficient (Wildman–Crippen LogP) is 3.40. The van der Waals surface area contributed by atoms with Gasteiger partial charge in [-0.25, -0.2) is 0 Å². The third kappa shape index (κ3) is 3.20. The number of hydrogen-bond acceptors (Lipinski definition) is 3. The quantitative estimate of drug-likeness (QED) is 0.791. The van der Waals surface area contributed by atoms with Gasteiger partial charge in [-0.05, 0) is 23.8 Å². The molecule has 2 aromatic carbocycles. The monoisotopic (exact) mass is 346 g/mol. The molecule has 0 radical (unpaired) electrons. The number of fused-ring (bicyclic) bond motifs is 1. The van der Waals surface area contributed by atoms with Gasteiger partial charge in [-0.15, -0.1) is 0 Å². The first kappa shape index (κ1) is 16.4. The summed E-state index contributed by atoms with van der Waals surface area (Å²) in [7, 11) is 0. The molecule has 0 atom stereocenters. The number of nitrogens with one attached hydrogen (secondary N) is 1. The third-order valence-electron chi connectivity index (χ3n) is 4.92. The molecule has 2 heterocycles. The Labute approximate surface area is 152 Å². The van der Waals surface area contributed by atoms with Gasteiger partial charge >= 0.3 is 0 Å². The molecular formula is C21H22N4O. The van der Waals surface area contributed by atoms with Gasteiger partial charge in [-0.1, -0.05) is 42.5 Å². The second-order valence-corrected chi connectivity index (χ2v) is 6.54. The van der Waals surface area contributed by atoms with Gasteiger partial charge in [0.1, 0.15) is 0 Å². The van der Waals surface area contributed by atoms with Crippen molar-refractivity contribution in [3.63, 3.8) is 0 Å². The van der Waals surface area contributed by atoms with Crippen LogP contribution in [0.4, 0.5) is 5.69 Å². The summed E-state index contributed by atoms with van der Waals surface area (Å²) in [5, 5.41) is 8.60. The lowest BCUT2D eigenvalue weighted by Crippen LogP contribution is -2.48. The van der Waals surface area contributed by atoms with E-state index in [1.54, 1.807) is 6.92 Å². The van der Waals surface area contributed by atoms with Crippen LogP contribution < -0.4 is 4.90 Å². The van der Waals surface area contributed by atoms with E-state index in [9.17, 15) is 4.79 Å². The smallest absolute Gasteiger partial charge is 0.219 e. The van der Waals surface area contributed by atoms with Crippen LogP contribution in [-0.4, -0.2) is 47.2 Å². The van der Waals surface area contributed by atoms with Crippen LogP contribution in [0.1, 0.15) is 18.2 Å². The van der Waals surface area contributed by atoms with E-state index < -0.39 is 0 Å². The number of carbonyl (C=O) groups is 1. The highest BCUT2D eigenvalue weighted by molar-refractivity contribution is 5.90. The molecule has 26 heavy (non-hydrogen) atoms. The molecule has 0 saturated carbocycles. The Hall–Kier alpha value is -3.08. The fourth-order valence-corrected chi connectivity index (χ4v) is 3.46. The van der Waals surface area contributed by atoms with E-state index >= 15 is 0 Å². The summed E-state index contributed by atoms with van der Waals surface area (Å²) in [5.74, 6) is 0.156. The lowest BCUT2D eigenvalue weighted by molar-refractivity contribution is -0.129. The van der Waals surface area contributed by atoms with Crippen molar-refractivity contribution in [3.8, 4) is 0 Å². The number of benzene rings is 2. The van der Waals surface area contributed by atoms with Crippen molar-refractivity contribution < 1.29 is 4.79 Å². The van der Waals surface area contributed by atoms with Crippen molar-refractivity contribution in [3.05, 3.63) is 59.8 Å². The Balaban J connectivity index is 1.57. The molecule has 0 aliphatic carbocycles. The SMILES string of the molecule is CC(=O)N1CCN(c2ccccc2/C=C/c2n[nH]c3ccccc23)CC1. The molecule has 3 aromatic rings. The molecule has 5 nitrogen and oxygen atoms in total. The van der Waals surface area contributed by atoms with Gasteiger partial charge in [0, 0.05) is 44.2 Å². The number of anilines is 1. The Kier molecular flexibility index (Phi) is 4.44. The average Bonchev–Trinajstić information content (AvgIpc) is 3.10. The first-order valence-corrected chi connectivity index (χ1v) is 8.93. The highest BCUT2D eigenvalue weighted by atomic mass is 16.2. The minimum Gasteiger partial charge on any atom is -0.367 e. The first-order valence-electron chi connectivity index (χ1n) is 8.93. The molecule has 1 aliphatic heterocycles. The normalized spacial score (nSPS) is 15.1. The highest BCUT2D eigenvalue weighted by Gasteiger charge is 2.19. The van der Waals surface area contributed by atoms with E-state index in [-0.39, 0.29) is 5.91 Å². The van der Waals surface area contributed by atoms with Crippen LogP contribution in [0, 0.1) is 0 Å². The summed E-state index contributed by atoms with van der Waals surface area (Å²) in [5.41, 5.74) is 4.35. The van der Waals surface area contributed by atoms with Gasteiger partial charge < -0.3 is 9.80 Å². The number of carbonyl (C=O) groups excluding carboxylic acids is 1. The molecule has 0 bridgehead atoms. The molecule has 1 amide bonds. The fraction of sp³-hybridized carbons (Fsp3) is 0.238. The average molecular weight is 346 g/mol. The second kappa shape index (κ2) is 7.04. The van der Waals surface area contributed by atoms with Crippen LogP contribution in [-0.2, 0) is 4.79 Å². The van der Waals surface area contributed by atoms with Gasteiger partial charge in [0.25, 0.3) is 0 Å². The van der Waals surface area contributed by atoms with Crippen LogP contribution >= 0.6 is 0 Å². The largest absolute Gasteiger partial charge is 0.367 e. The molecule has 0 spiro atoms. The van der Waals surface area contributed by atoms with E-state index in [1.165, 1.54) is 5.69 Å². The number of nitrogens with zero attached hydrogens (tertiary/aromatic N) is 3. The molecule has 1 saturated heterocycles. The van der Waals surface area contributed by atoms with Crippen molar-refractivity contribution >= 4 is 34.6 Å². The minimum atomic E-state index is 0.156. The van der Waals surface area contributed by atoms with E-state index in [2.05, 4.69) is 57.6 Å². The Morgan fingerprint density at radius 3 is 2.54 bits per heavy atom. The number of hydrogen-bond donors (Lipinski definition) is 1. The van der Waals surface area contributed by atoms with E-state index in [1.807, 2.05) is 23.1 Å². The van der Waals surface area contributed by atoms with E-state index in [4.69, 9.17) is 0 Å². The van der Waals surface area contributed by atoms with Gasteiger partial charge in [0.15, 0.2) is 0 Å². The van der Waals surface area contributed by atoms with Gasteiger partial charge in [0.05, 0.1) is 11.2 Å². The van der Waals surface area contributed by atoms with E-state index in [0.717, 1.165) is 48.3 Å². The predicted molar refractivity (Wildman–Crippen MR) is 106 cm³/mol. The Bertz CT molecular complexity index is 951. The Morgan fingerprint density at radius 1 is 1.00 bits per heavy atom. The standard InChI is InChI=1S/C21H22N4O/c1-16(26)24-12-14-25(15-13-24)21-9-5-2-6-17(21)10-11-20-18-7-3-4-8-19(18)22-23-20/h2-11H,12-15H2,1H3,(H,22,23)/b11-10+. The fourth-order valence-electron chi connectivity index (χ4n) is 3.46. The number of amides is 1. The van der Waals surface area contributed by atoms with Crippen LogP contribution in [0.3, 0.4) is 0 Å². The number of piperazine rings is 1. The van der Waals surface area contributed by atoms with Crippen LogP contribution in [0.25, 0.3) is 23.1 Å². The lowest BCUT2D eigenvalue weighted by atomic mass is 10.1. The van der Waals surface area contributed by atoms with Gasteiger partial charge in [-0.3, -0.25) is 9.89 Å². The molecule has 1 N–H and O–H groups in total. The van der Waals surface area contributed by atoms with Crippen molar-refractivity contribution in [2.24, 2.45) is 0 Å². The maximum Gasteiger partial charge on any atom is 0.219 e. The van der Waals surface area contributed by atoms with E-state index in [0.29, 0.717) is 0 Å². The summed E-state index contributed by atoms with van der Waals surface area (Å²) < 4.78 is 0. The highest BCUT2D eigenvalue weighted by Crippen LogP contribution is 2.25. The van der Waals surface area contributed by atoms with Crippen molar-refractivity contribution in [2.45, 2.75) is 6.92 Å². The van der Waals surface area contributed by atoms with Gasteiger partial charge in [-0.2, -0.15) is 5.10 Å². The summed E-state index contributed by atoms with van der Waals surface area (Å²) in [4.78, 5) is 15.8. The van der Waals surface area contributed by atoms with Gasteiger partial charge in [0.2, 0.25) is 5.91 Å². The molecule has 1 aromatic heterocycles. The molecule has 132 valence electrons. The van der Waals surface area contributed by atoms with Crippen molar-refractivity contribution in [2.75, 3.05) is 31.1 Å². The number of aromatic amines is 1. The zero-order valence-electron chi connectivity index (χ0n) is 14.9. The maximum absolute atomic E-state index is 11.5. The van der Waals surface area contributed by atoms with Crippen molar-refractivity contribution in [1.82, 2.24) is 15.1 Å². The molecule has 5 heteroatoms. The number of rotatable bonds is 3. The van der Waals surface area contributed by atoms with Crippen LogP contribution in [0.5, 0.6) is 0 Å². The maximum atomic E-state index is 11.5. The molecular weight excluding hydrogens is 324 g/mol. The first-order chi connectivity index (χ1) is 12.7. The third-order valence-corrected chi connectivity index (χ3v) is 4.92. The summed E-state index contributed by atoms with van der Waals surface area (Å²) in [6.07, 6.45) is 4.18. The van der Waals surface area contributed by atoms with Crippen LogP contribution in [0.15, 0.2) is 48.5 Å². The zero-order valence-corrected chi connectivity index (χ0v) is 14.9. The molecule has 1 aliphatic rings. The second-order valence-electron chi connectivity index (χ2n) is 6.54. The molecule has 4 rings (SSSR count). The molecule has 0 unspecified atom stereocenters. The van der Waals surface area contributed by atoms with Crippen molar-refractivity contribution in [1.29, 1.82) is 0 Å². The number of aromatic nitrogens is 2. The topological polar surface area (TPSA) is 52.2 Å². The summed E-state index contributed by atoms with van der Waals surface area (Å²) in [6, 6.07) is 16.5. The number of H-pyrrole nitrogens is 1. The minimum absolute atomic E-state index is 0.156. The summed E-state index contributed by atoms with van der Waals surface area (Å²) in [6.45, 7) is 4.90. The molecule has 1 fully saturated rings. The van der Waals surface area contributed by atoms with Crippen LogP contribution in [0.2, 0.25) is 0 Å². The number of para-hydroxylation sites is 2.